The first-order chi connectivity index (χ1) is 17.4. The zero-order chi connectivity index (χ0) is 25.4. The van der Waals surface area contributed by atoms with E-state index in [1.165, 1.54) is 12.3 Å². The van der Waals surface area contributed by atoms with E-state index in [-0.39, 0.29) is 54.1 Å². The van der Waals surface area contributed by atoms with Crippen molar-refractivity contribution in [3.8, 4) is 5.75 Å². The fourth-order valence-corrected chi connectivity index (χ4v) is 5.10. The summed E-state index contributed by atoms with van der Waals surface area (Å²) < 4.78 is 32.1. The van der Waals surface area contributed by atoms with Gasteiger partial charge >= 0.3 is 12.2 Å². The second kappa shape index (κ2) is 9.79. The molecule has 2 aliphatic carbocycles. The van der Waals surface area contributed by atoms with Crippen LogP contribution in [0, 0.1) is 17.7 Å². The van der Waals surface area contributed by atoms with Crippen LogP contribution in [0.4, 0.5) is 19.8 Å². The average Bonchev–Trinajstić information content (AvgIpc) is 3.59. The molecule has 1 saturated carbocycles. The average molecular weight is 501 g/mol. The van der Waals surface area contributed by atoms with Crippen LogP contribution >= 0.6 is 0 Å². The molecule has 36 heavy (non-hydrogen) atoms. The molecule has 0 bridgehead atoms. The lowest BCUT2D eigenvalue weighted by Crippen LogP contribution is -2.44. The van der Waals surface area contributed by atoms with Gasteiger partial charge in [0.1, 0.15) is 5.65 Å². The van der Waals surface area contributed by atoms with Gasteiger partial charge < -0.3 is 29.0 Å². The Kier molecular flexibility index (Phi) is 6.55. The molecule has 5 rings (SSSR count). The van der Waals surface area contributed by atoms with Gasteiger partial charge in [0, 0.05) is 37.0 Å². The topological polar surface area (TPSA) is 112 Å². The highest BCUT2D eigenvalue weighted by atomic mass is 19.1. The van der Waals surface area contributed by atoms with Crippen LogP contribution in [0.3, 0.4) is 0 Å². The van der Waals surface area contributed by atoms with Gasteiger partial charge in [-0.2, -0.15) is 0 Å². The van der Waals surface area contributed by atoms with Crippen molar-refractivity contribution in [2.24, 2.45) is 11.8 Å². The molecule has 3 heterocycles. The smallest absolute Gasteiger partial charge is 0.450 e. The van der Waals surface area contributed by atoms with Gasteiger partial charge in [0.2, 0.25) is 5.43 Å². The Bertz CT molecular complexity index is 1270. The Morgan fingerprint density at radius 3 is 2.69 bits per heavy atom. The summed E-state index contributed by atoms with van der Waals surface area (Å²) >= 11 is 0. The number of halogens is 1. The predicted molar refractivity (Wildman–Crippen MR) is 129 cm³/mol. The molecular formula is C25H29FN4O6. The first-order valence-corrected chi connectivity index (χ1v) is 12.3. The molecule has 0 spiro atoms. The predicted octanol–water partition coefficient (Wildman–Crippen LogP) is 3.53. The molecule has 2 aromatic rings. The standard InChI is InChI=1S/C25H29FN4O6/c1-3-34-24(32)27-19-7-5-6-14-11-29(12-17(14)19)23-18(26)10-16-21(31)20(36-25(33)35-4-2)13-30(15-8-9-15)22(16)28-23/h5-6,10,13-15,17,19H,3-4,7-9,11-12H2,1-2H3,(H,27,32). The summed E-state index contributed by atoms with van der Waals surface area (Å²) in [4.78, 5) is 43.3. The number of anilines is 1. The van der Waals surface area contributed by atoms with Gasteiger partial charge in [0.25, 0.3) is 0 Å². The number of pyridine rings is 2. The van der Waals surface area contributed by atoms with Crippen molar-refractivity contribution in [1.82, 2.24) is 14.9 Å². The lowest BCUT2D eigenvalue weighted by atomic mass is 9.83. The summed E-state index contributed by atoms with van der Waals surface area (Å²) in [6.07, 6.45) is 6.58. The summed E-state index contributed by atoms with van der Waals surface area (Å²) in [5, 5.41) is 2.97. The minimum Gasteiger partial charge on any atom is -0.450 e. The van der Waals surface area contributed by atoms with Crippen molar-refractivity contribution in [3.63, 3.8) is 0 Å². The summed E-state index contributed by atoms with van der Waals surface area (Å²) in [6, 6.07) is 1.13. The first-order valence-electron chi connectivity index (χ1n) is 12.3. The number of carbonyl (C=O) groups excluding carboxylic acids is 2. The number of nitrogens with zero attached hydrogens (tertiary/aromatic N) is 3. The Labute approximate surface area is 207 Å². The Hall–Kier alpha value is -3.63. The number of hydrogen-bond acceptors (Lipinski definition) is 8. The second-order valence-corrected chi connectivity index (χ2v) is 9.28. The lowest BCUT2D eigenvalue weighted by molar-refractivity contribution is 0.103. The van der Waals surface area contributed by atoms with E-state index in [4.69, 9.17) is 14.2 Å². The Morgan fingerprint density at radius 1 is 1.19 bits per heavy atom. The molecule has 0 aromatic carbocycles. The fraction of sp³-hybridized carbons (Fsp3) is 0.520. The van der Waals surface area contributed by atoms with E-state index in [2.05, 4.69) is 16.4 Å². The second-order valence-electron chi connectivity index (χ2n) is 9.28. The number of carbonyl (C=O) groups is 2. The molecule has 1 aliphatic heterocycles. The molecule has 3 unspecified atom stereocenters. The van der Waals surface area contributed by atoms with Crippen molar-refractivity contribution in [1.29, 1.82) is 0 Å². The molecular weight excluding hydrogens is 471 g/mol. The maximum Gasteiger partial charge on any atom is 0.514 e. The van der Waals surface area contributed by atoms with Gasteiger partial charge in [0.05, 0.1) is 24.8 Å². The highest BCUT2D eigenvalue weighted by Gasteiger charge is 2.40. The zero-order valence-corrected chi connectivity index (χ0v) is 20.2. The summed E-state index contributed by atoms with van der Waals surface area (Å²) in [5.41, 5.74) is -0.272. The number of hydrogen-bond donors (Lipinski definition) is 1. The van der Waals surface area contributed by atoms with Crippen LogP contribution in [-0.2, 0) is 9.47 Å². The van der Waals surface area contributed by atoms with Gasteiger partial charge in [-0.15, -0.1) is 0 Å². The van der Waals surface area contributed by atoms with Crippen molar-refractivity contribution < 1.29 is 28.2 Å². The third-order valence-electron chi connectivity index (χ3n) is 6.88. The minimum absolute atomic E-state index is 0.0447. The molecule has 3 atom stereocenters. The third-order valence-corrected chi connectivity index (χ3v) is 6.88. The van der Waals surface area contributed by atoms with Gasteiger partial charge in [-0.3, -0.25) is 4.79 Å². The molecule has 1 N–H and O–H groups in total. The van der Waals surface area contributed by atoms with Crippen molar-refractivity contribution >= 4 is 29.1 Å². The van der Waals surface area contributed by atoms with E-state index in [9.17, 15) is 14.4 Å². The Balaban J connectivity index is 1.47. The normalized spacial score (nSPS) is 22.9. The number of aromatic nitrogens is 2. The molecule has 2 fully saturated rings. The molecule has 192 valence electrons. The maximum atomic E-state index is 15.4. The number of rotatable bonds is 6. The quantitative estimate of drug-likeness (QED) is 0.474. The SMILES string of the molecule is CCOC(=O)NC1CC=CC2CN(c3nc4c(cc3F)c(=O)c(OC(=O)OCC)cn4C3CC3)CC21. The fourth-order valence-electron chi connectivity index (χ4n) is 5.10. The van der Waals surface area contributed by atoms with E-state index < -0.39 is 23.5 Å². The monoisotopic (exact) mass is 500 g/mol. The van der Waals surface area contributed by atoms with Crippen LogP contribution in [0.2, 0.25) is 0 Å². The molecule has 10 nitrogen and oxygen atoms in total. The van der Waals surface area contributed by atoms with Crippen LogP contribution in [0.15, 0.2) is 29.2 Å². The van der Waals surface area contributed by atoms with Crippen LogP contribution in [-0.4, -0.2) is 54.1 Å². The van der Waals surface area contributed by atoms with E-state index >= 15 is 4.39 Å². The van der Waals surface area contributed by atoms with Crippen molar-refractivity contribution in [3.05, 3.63) is 40.5 Å². The van der Waals surface area contributed by atoms with E-state index in [0.717, 1.165) is 12.8 Å². The minimum atomic E-state index is -0.986. The number of amides is 1. The molecule has 2 aromatic heterocycles. The largest absolute Gasteiger partial charge is 0.514 e. The molecule has 3 aliphatic rings. The van der Waals surface area contributed by atoms with E-state index in [0.29, 0.717) is 25.2 Å². The third kappa shape index (κ3) is 4.61. The van der Waals surface area contributed by atoms with Gasteiger partial charge in [-0.05, 0) is 39.2 Å². The molecule has 1 saturated heterocycles. The van der Waals surface area contributed by atoms with Crippen LogP contribution in [0.1, 0.15) is 39.2 Å². The molecule has 11 heteroatoms. The number of ether oxygens (including phenoxy) is 3. The van der Waals surface area contributed by atoms with Crippen LogP contribution in [0.5, 0.6) is 5.75 Å². The van der Waals surface area contributed by atoms with Crippen LogP contribution < -0.4 is 20.4 Å². The van der Waals surface area contributed by atoms with E-state index in [1.54, 1.807) is 18.4 Å². The Morgan fingerprint density at radius 2 is 1.97 bits per heavy atom. The lowest BCUT2D eigenvalue weighted by Gasteiger charge is -2.29. The number of nitrogens with one attached hydrogen (secondary N) is 1. The van der Waals surface area contributed by atoms with E-state index in [1.807, 2.05) is 11.0 Å². The van der Waals surface area contributed by atoms with Gasteiger partial charge in [-0.25, -0.2) is 19.0 Å². The molecule has 1 amide bonds. The summed E-state index contributed by atoms with van der Waals surface area (Å²) in [7, 11) is 0. The zero-order valence-electron chi connectivity index (χ0n) is 20.2. The maximum absolute atomic E-state index is 15.4. The highest BCUT2D eigenvalue weighted by Crippen LogP contribution is 2.39. The first kappa shape index (κ1) is 24.1. The summed E-state index contributed by atoms with van der Waals surface area (Å²) in [5.74, 6) is -0.497. The summed E-state index contributed by atoms with van der Waals surface area (Å²) in [6.45, 7) is 4.81. The van der Waals surface area contributed by atoms with Gasteiger partial charge in [-0.1, -0.05) is 12.2 Å². The number of fused-ring (bicyclic) bond motifs is 2. The van der Waals surface area contributed by atoms with Crippen molar-refractivity contribution in [2.45, 2.75) is 45.2 Å². The van der Waals surface area contributed by atoms with Crippen LogP contribution in [0.25, 0.3) is 11.0 Å². The van der Waals surface area contributed by atoms with Crippen molar-refractivity contribution in [2.75, 3.05) is 31.2 Å². The number of alkyl carbamates (subject to hydrolysis) is 1. The molecule has 0 radical (unpaired) electrons. The van der Waals surface area contributed by atoms with Gasteiger partial charge in [0.15, 0.2) is 17.4 Å². The highest BCUT2D eigenvalue weighted by molar-refractivity contribution is 5.80.